The van der Waals surface area contributed by atoms with Gasteiger partial charge in [-0.25, -0.2) is 9.79 Å². The van der Waals surface area contributed by atoms with Crippen molar-refractivity contribution >= 4 is 40.7 Å². The van der Waals surface area contributed by atoms with Gasteiger partial charge in [0.25, 0.3) is 5.56 Å². The summed E-state index contributed by atoms with van der Waals surface area (Å²) in [7, 11) is 5.49. The fraction of sp³-hybridized carbons (Fsp3) is 0.242. The molecule has 1 aromatic heterocycles. The number of anilines is 1. The van der Waals surface area contributed by atoms with Gasteiger partial charge in [0, 0.05) is 24.8 Å². The second-order valence-electron chi connectivity index (χ2n) is 10.1. The van der Waals surface area contributed by atoms with E-state index in [1.165, 1.54) is 11.3 Å². The summed E-state index contributed by atoms with van der Waals surface area (Å²) in [5.74, 6) is 0.625. The summed E-state index contributed by atoms with van der Waals surface area (Å²) in [5, 5.41) is 0.664. The Hall–Kier alpha value is -4.34. The number of carbonyl (C=O) groups is 1. The Bertz CT molecular complexity index is 1860. The van der Waals surface area contributed by atoms with Crippen LogP contribution in [0.4, 0.5) is 5.69 Å². The predicted molar refractivity (Wildman–Crippen MR) is 170 cm³/mol. The zero-order valence-electron chi connectivity index (χ0n) is 24.6. The van der Waals surface area contributed by atoms with Gasteiger partial charge in [0.05, 0.1) is 35.6 Å². The minimum atomic E-state index is -0.674. The highest BCUT2D eigenvalue weighted by atomic mass is 35.5. The standard InChI is InChI=1S/C33H32ClN3O5S/c1-6-41-32(39)29-20(2)35-33-37(30(29)23-10-14-25(15-11-23)36(3)4)31(38)28(43-33)18-22-9-16-26(27(17-22)40-5)42-19-21-7-12-24(34)13-8-21/h7-18,30H,6,19H2,1-5H3/b28-18-/t30-/m0/s1. The first-order valence-corrected chi connectivity index (χ1v) is 14.9. The summed E-state index contributed by atoms with van der Waals surface area (Å²) < 4.78 is 19.0. The smallest absolute Gasteiger partial charge is 0.338 e. The fourth-order valence-electron chi connectivity index (χ4n) is 4.85. The summed E-state index contributed by atoms with van der Waals surface area (Å²) in [5.41, 5.74) is 4.15. The van der Waals surface area contributed by atoms with Crippen molar-refractivity contribution in [3.8, 4) is 11.5 Å². The van der Waals surface area contributed by atoms with Gasteiger partial charge < -0.3 is 19.1 Å². The second kappa shape index (κ2) is 12.9. The SMILES string of the molecule is CCOC(=O)C1=C(C)N=c2s/c(=C\c3ccc(OCc4ccc(Cl)cc4)c(OC)c3)c(=O)n2[C@H]1c1ccc(N(C)C)cc1. The van der Waals surface area contributed by atoms with Crippen LogP contribution in [0, 0.1) is 0 Å². The normalized spacial score (nSPS) is 14.7. The molecule has 0 saturated carbocycles. The van der Waals surface area contributed by atoms with Crippen molar-refractivity contribution in [2.45, 2.75) is 26.5 Å². The van der Waals surface area contributed by atoms with Gasteiger partial charge in [0.15, 0.2) is 16.3 Å². The molecule has 0 radical (unpaired) electrons. The van der Waals surface area contributed by atoms with Crippen molar-refractivity contribution in [3.05, 3.63) is 119 Å². The fourth-order valence-corrected chi connectivity index (χ4v) is 6.02. The maximum absolute atomic E-state index is 13.9. The lowest BCUT2D eigenvalue weighted by Crippen LogP contribution is -2.39. The number of thiazole rings is 1. The largest absolute Gasteiger partial charge is 0.493 e. The highest BCUT2D eigenvalue weighted by Crippen LogP contribution is 2.32. The molecule has 2 heterocycles. The molecule has 43 heavy (non-hydrogen) atoms. The van der Waals surface area contributed by atoms with E-state index in [4.69, 9.17) is 25.8 Å². The second-order valence-corrected chi connectivity index (χ2v) is 11.6. The van der Waals surface area contributed by atoms with E-state index in [9.17, 15) is 9.59 Å². The Morgan fingerprint density at radius 2 is 1.79 bits per heavy atom. The van der Waals surface area contributed by atoms with Gasteiger partial charge in [-0.1, -0.05) is 53.3 Å². The number of aromatic nitrogens is 1. The van der Waals surface area contributed by atoms with Crippen molar-refractivity contribution in [2.75, 3.05) is 32.7 Å². The number of hydrogen-bond donors (Lipinski definition) is 0. The molecule has 5 rings (SSSR count). The predicted octanol–water partition coefficient (Wildman–Crippen LogP) is 5.11. The molecular formula is C33H32ClN3O5S. The number of allylic oxidation sites excluding steroid dienone is 1. The lowest BCUT2D eigenvalue weighted by molar-refractivity contribution is -0.139. The molecule has 0 N–H and O–H groups in total. The van der Waals surface area contributed by atoms with Gasteiger partial charge in [0.1, 0.15) is 6.61 Å². The van der Waals surface area contributed by atoms with Crippen molar-refractivity contribution in [1.82, 2.24) is 4.57 Å². The molecule has 222 valence electrons. The molecule has 0 spiro atoms. The third kappa shape index (κ3) is 6.38. The molecule has 4 aromatic rings. The topological polar surface area (TPSA) is 82.4 Å². The van der Waals surface area contributed by atoms with E-state index < -0.39 is 12.0 Å². The highest BCUT2D eigenvalue weighted by Gasteiger charge is 2.33. The quantitative estimate of drug-likeness (QED) is 0.243. The molecule has 1 atom stereocenters. The number of methoxy groups -OCH3 is 1. The monoisotopic (exact) mass is 617 g/mol. The van der Waals surface area contributed by atoms with Crippen LogP contribution in [0.3, 0.4) is 0 Å². The van der Waals surface area contributed by atoms with Crippen LogP contribution in [0.2, 0.25) is 5.02 Å². The van der Waals surface area contributed by atoms with Crippen LogP contribution in [0.15, 0.2) is 87.8 Å². The van der Waals surface area contributed by atoms with Crippen LogP contribution in [-0.2, 0) is 16.1 Å². The molecular weight excluding hydrogens is 586 g/mol. The average molecular weight is 618 g/mol. The van der Waals surface area contributed by atoms with Crippen LogP contribution in [0.1, 0.15) is 36.6 Å². The minimum absolute atomic E-state index is 0.216. The summed E-state index contributed by atoms with van der Waals surface area (Å²) in [6.07, 6.45) is 1.80. The lowest BCUT2D eigenvalue weighted by atomic mass is 9.95. The van der Waals surface area contributed by atoms with Gasteiger partial charge in [-0.2, -0.15) is 0 Å². The maximum Gasteiger partial charge on any atom is 0.338 e. The Balaban J connectivity index is 1.54. The van der Waals surface area contributed by atoms with E-state index in [0.717, 1.165) is 22.4 Å². The van der Waals surface area contributed by atoms with Crippen LogP contribution in [0.5, 0.6) is 11.5 Å². The van der Waals surface area contributed by atoms with Crippen LogP contribution in [-0.4, -0.2) is 38.3 Å². The Labute approximate surface area is 258 Å². The molecule has 10 heteroatoms. The van der Waals surface area contributed by atoms with E-state index in [2.05, 4.69) is 4.99 Å². The summed E-state index contributed by atoms with van der Waals surface area (Å²) >= 11 is 7.25. The van der Waals surface area contributed by atoms with E-state index >= 15 is 0 Å². The van der Waals surface area contributed by atoms with E-state index in [1.807, 2.05) is 85.7 Å². The number of nitrogens with zero attached hydrogens (tertiary/aromatic N) is 3. The number of ether oxygens (including phenoxy) is 3. The Morgan fingerprint density at radius 3 is 2.44 bits per heavy atom. The van der Waals surface area contributed by atoms with Gasteiger partial charge in [-0.05, 0) is 73.0 Å². The maximum atomic E-state index is 13.9. The highest BCUT2D eigenvalue weighted by molar-refractivity contribution is 7.07. The minimum Gasteiger partial charge on any atom is -0.493 e. The third-order valence-electron chi connectivity index (χ3n) is 7.04. The number of benzene rings is 3. The Morgan fingerprint density at radius 1 is 1.07 bits per heavy atom. The van der Waals surface area contributed by atoms with Gasteiger partial charge in [0.2, 0.25) is 0 Å². The zero-order valence-corrected chi connectivity index (χ0v) is 26.2. The molecule has 3 aromatic carbocycles. The van der Waals surface area contributed by atoms with Gasteiger partial charge in [-0.15, -0.1) is 0 Å². The van der Waals surface area contributed by atoms with Gasteiger partial charge in [-0.3, -0.25) is 9.36 Å². The van der Waals surface area contributed by atoms with Crippen molar-refractivity contribution in [3.63, 3.8) is 0 Å². The molecule has 0 aliphatic carbocycles. The molecule has 0 bridgehead atoms. The Kier molecular flexibility index (Phi) is 9.03. The van der Waals surface area contributed by atoms with Crippen molar-refractivity contribution < 1.29 is 19.0 Å². The van der Waals surface area contributed by atoms with Crippen LogP contribution in [0.25, 0.3) is 6.08 Å². The number of fused-ring (bicyclic) bond motifs is 1. The number of rotatable bonds is 9. The molecule has 1 aliphatic rings. The zero-order chi connectivity index (χ0) is 30.7. The van der Waals surface area contributed by atoms with Crippen LogP contribution >= 0.6 is 22.9 Å². The summed E-state index contributed by atoms with van der Waals surface area (Å²) in [4.78, 5) is 34.3. The molecule has 0 amide bonds. The third-order valence-corrected chi connectivity index (χ3v) is 8.27. The van der Waals surface area contributed by atoms with Crippen molar-refractivity contribution in [1.29, 1.82) is 0 Å². The molecule has 0 fully saturated rings. The summed E-state index contributed by atoms with van der Waals surface area (Å²) in [6.45, 7) is 4.10. The number of carbonyl (C=O) groups excluding carboxylic acids is 1. The van der Waals surface area contributed by atoms with Gasteiger partial charge >= 0.3 is 5.97 Å². The number of halogens is 1. The van der Waals surface area contributed by atoms with Crippen LogP contribution < -0.4 is 29.3 Å². The number of hydrogen-bond acceptors (Lipinski definition) is 8. The first-order valence-electron chi connectivity index (χ1n) is 13.7. The van der Waals surface area contributed by atoms with Crippen molar-refractivity contribution in [2.24, 2.45) is 4.99 Å². The molecule has 0 unspecified atom stereocenters. The van der Waals surface area contributed by atoms with E-state index in [0.29, 0.717) is 43.7 Å². The van der Waals surface area contributed by atoms with E-state index in [1.54, 1.807) is 31.6 Å². The first-order chi connectivity index (χ1) is 20.7. The lowest BCUT2D eigenvalue weighted by Gasteiger charge is -2.25. The summed E-state index contributed by atoms with van der Waals surface area (Å²) in [6, 6.07) is 20.1. The average Bonchev–Trinajstić information content (AvgIpc) is 3.30. The van der Waals surface area contributed by atoms with E-state index in [-0.39, 0.29) is 12.2 Å². The molecule has 1 aliphatic heterocycles. The number of esters is 1. The first kappa shape index (κ1) is 30.1. The molecule has 0 saturated heterocycles. The molecule has 8 nitrogen and oxygen atoms in total.